The van der Waals surface area contributed by atoms with Gasteiger partial charge in [0.1, 0.15) is 6.04 Å². The van der Waals surface area contributed by atoms with Crippen LogP contribution in [0.25, 0.3) is 0 Å². The van der Waals surface area contributed by atoms with E-state index in [0.717, 1.165) is 32.1 Å². The zero-order valence-corrected chi connectivity index (χ0v) is 13.9. The molecule has 1 aliphatic heterocycles. The fraction of sp³-hybridized carbons (Fsp3) is 0.867. The zero-order valence-electron chi connectivity index (χ0n) is 13.1. The van der Waals surface area contributed by atoms with Crippen LogP contribution in [0, 0.1) is 5.41 Å². The molecule has 120 valence electrons. The van der Waals surface area contributed by atoms with Crippen LogP contribution in [0.3, 0.4) is 0 Å². The lowest BCUT2D eigenvalue weighted by atomic mass is 9.75. The largest absolute Gasteiger partial charge is 0.480 e. The number of nitrogens with one attached hydrogen (secondary N) is 1. The summed E-state index contributed by atoms with van der Waals surface area (Å²) in [5.41, 5.74) is 0.361. The van der Waals surface area contributed by atoms with E-state index in [0.29, 0.717) is 11.2 Å². The van der Waals surface area contributed by atoms with Crippen molar-refractivity contribution >= 4 is 23.8 Å². The third-order valence-corrected chi connectivity index (χ3v) is 6.08. The van der Waals surface area contributed by atoms with Gasteiger partial charge in [-0.15, -0.1) is 11.8 Å². The fourth-order valence-corrected chi connectivity index (χ4v) is 4.48. The minimum atomic E-state index is -0.904. The predicted octanol–water partition coefficient (Wildman–Crippen LogP) is 2.90. The molecule has 2 atom stereocenters. The van der Waals surface area contributed by atoms with Crippen LogP contribution < -0.4 is 5.32 Å². The van der Waals surface area contributed by atoms with Crippen LogP contribution in [0.4, 0.5) is 4.79 Å². The molecular weight excluding hydrogens is 288 g/mol. The predicted molar refractivity (Wildman–Crippen MR) is 84.4 cm³/mol. The summed E-state index contributed by atoms with van der Waals surface area (Å²) in [6, 6.07) is -0.716. The first-order chi connectivity index (χ1) is 9.84. The Labute approximate surface area is 130 Å². The van der Waals surface area contributed by atoms with Crippen LogP contribution in [0.2, 0.25) is 0 Å². The second-order valence-electron chi connectivity index (χ2n) is 6.85. The first-order valence-electron chi connectivity index (χ1n) is 7.77. The van der Waals surface area contributed by atoms with E-state index >= 15 is 0 Å². The van der Waals surface area contributed by atoms with Crippen molar-refractivity contribution in [3.05, 3.63) is 0 Å². The van der Waals surface area contributed by atoms with Crippen LogP contribution >= 0.6 is 11.8 Å². The van der Waals surface area contributed by atoms with Crippen LogP contribution in [0.5, 0.6) is 0 Å². The number of amides is 2. The minimum Gasteiger partial charge on any atom is -0.480 e. The highest BCUT2D eigenvalue weighted by atomic mass is 32.2. The SMILES string of the molecule is CCC1SCC(C(=O)O)N1C(=O)NC1CCC(C)(C)CC1. The van der Waals surface area contributed by atoms with Crippen molar-refractivity contribution in [3.8, 4) is 0 Å². The molecule has 0 radical (unpaired) electrons. The molecule has 0 aromatic heterocycles. The lowest BCUT2D eigenvalue weighted by molar-refractivity contribution is -0.141. The van der Waals surface area contributed by atoms with E-state index in [-0.39, 0.29) is 17.4 Å². The molecule has 2 N–H and O–H groups in total. The number of nitrogens with zero attached hydrogens (tertiary/aromatic N) is 1. The van der Waals surface area contributed by atoms with Crippen molar-refractivity contribution in [2.75, 3.05) is 5.75 Å². The molecule has 1 aliphatic carbocycles. The van der Waals surface area contributed by atoms with Gasteiger partial charge in [-0.05, 0) is 37.5 Å². The number of carboxylic acids is 1. The molecule has 2 unspecified atom stereocenters. The van der Waals surface area contributed by atoms with E-state index < -0.39 is 12.0 Å². The second-order valence-corrected chi connectivity index (χ2v) is 8.06. The number of carboxylic acid groups (broad SMARTS) is 1. The van der Waals surface area contributed by atoms with Crippen molar-refractivity contribution in [3.63, 3.8) is 0 Å². The van der Waals surface area contributed by atoms with Gasteiger partial charge in [-0.1, -0.05) is 20.8 Å². The van der Waals surface area contributed by atoms with Crippen molar-refractivity contribution in [1.29, 1.82) is 0 Å². The molecule has 0 spiro atoms. The number of hydrogen-bond acceptors (Lipinski definition) is 3. The summed E-state index contributed by atoms with van der Waals surface area (Å²) in [6.45, 7) is 6.51. The molecule has 1 saturated carbocycles. The highest BCUT2D eigenvalue weighted by Crippen LogP contribution is 2.36. The molecule has 0 aromatic carbocycles. The van der Waals surface area contributed by atoms with Crippen LogP contribution in [-0.2, 0) is 4.79 Å². The standard InChI is InChI=1S/C15H26N2O3S/c1-4-12-17(11(9-21-12)13(18)19)14(20)16-10-5-7-15(2,3)8-6-10/h10-12H,4-9H2,1-3H3,(H,16,20)(H,18,19). The van der Waals surface area contributed by atoms with Gasteiger partial charge in [-0.25, -0.2) is 9.59 Å². The van der Waals surface area contributed by atoms with Crippen molar-refractivity contribution in [2.24, 2.45) is 5.41 Å². The maximum atomic E-state index is 12.5. The van der Waals surface area contributed by atoms with Crippen molar-refractivity contribution < 1.29 is 14.7 Å². The van der Waals surface area contributed by atoms with Gasteiger partial charge in [-0.2, -0.15) is 0 Å². The lowest BCUT2D eigenvalue weighted by Gasteiger charge is -2.36. The molecule has 5 nitrogen and oxygen atoms in total. The smallest absolute Gasteiger partial charge is 0.327 e. The highest BCUT2D eigenvalue weighted by molar-refractivity contribution is 8.00. The van der Waals surface area contributed by atoms with E-state index in [4.69, 9.17) is 0 Å². The molecular formula is C15H26N2O3S. The number of thioether (sulfide) groups is 1. The quantitative estimate of drug-likeness (QED) is 0.840. The van der Waals surface area contributed by atoms with Gasteiger partial charge in [0.2, 0.25) is 0 Å². The second kappa shape index (κ2) is 6.46. The normalized spacial score (nSPS) is 29.4. The molecule has 0 aromatic rings. The zero-order chi connectivity index (χ0) is 15.6. The van der Waals surface area contributed by atoms with Gasteiger partial charge in [0.15, 0.2) is 0 Å². The van der Waals surface area contributed by atoms with Gasteiger partial charge < -0.3 is 10.4 Å². The molecule has 2 amide bonds. The average molecular weight is 314 g/mol. The third kappa shape index (κ3) is 3.84. The number of carbonyl (C=O) groups is 2. The summed E-state index contributed by atoms with van der Waals surface area (Å²) in [4.78, 5) is 25.4. The molecule has 1 heterocycles. The van der Waals surface area contributed by atoms with Gasteiger partial charge in [-0.3, -0.25) is 4.90 Å². The Morgan fingerprint density at radius 3 is 2.48 bits per heavy atom. The lowest BCUT2D eigenvalue weighted by Crippen LogP contribution is -2.53. The topological polar surface area (TPSA) is 69.6 Å². The molecule has 0 bridgehead atoms. The summed E-state index contributed by atoms with van der Waals surface area (Å²) in [5, 5.41) is 12.3. The van der Waals surface area contributed by atoms with Crippen LogP contribution in [-0.4, -0.2) is 45.2 Å². The number of carbonyl (C=O) groups excluding carboxylic acids is 1. The molecule has 2 fully saturated rings. The Bertz CT molecular complexity index is 404. The van der Waals surface area contributed by atoms with Gasteiger partial charge >= 0.3 is 12.0 Å². The first kappa shape index (κ1) is 16.5. The van der Waals surface area contributed by atoms with Crippen LogP contribution in [0.1, 0.15) is 52.9 Å². The van der Waals surface area contributed by atoms with Gasteiger partial charge in [0.25, 0.3) is 0 Å². The Kier molecular flexibility index (Phi) is 5.07. The first-order valence-corrected chi connectivity index (χ1v) is 8.82. The monoisotopic (exact) mass is 314 g/mol. The maximum absolute atomic E-state index is 12.5. The Hall–Kier alpha value is -0.910. The summed E-state index contributed by atoms with van der Waals surface area (Å²) in [6.07, 6.45) is 4.95. The highest BCUT2D eigenvalue weighted by Gasteiger charge is 2.41. The number of hydrogen-bond donors (Lipinski definition) is 2. The Balaban J connectivity index is 1.96. The molecule has 2 rings (SSSR count). The molecule has 21 heavy (non-hydrogen) atoms. The average Bonchev–Trinajstić information content (AvgIpc) is 2.85. The Morgan fingerprint density at radius 1 is 1.33 bits per heavy atom. The van der Waals surface area contributed by atoms with E-state index in [9.17, 15) is 14.7 Å². The fourth-order valence-electron chi connectivity index (χ4n) is 3.13. The number of urea groups is 1. The van der Waals surface area contributed by atoms with E-state index in [1.54, 1.807) is 11.8 Å². The van der Waals surface area contributed by atoms with E-state index in [1.807, 2.05) is 6.92 Å². The van der Waals surface area contributed by atoms with Gasteiger partial charge in [0.05, 0.1) is 5.37 Å². The van der Waals surface area contributed by atoms with Crippen molar-refractivity contribution in [2.45, 2.75) is 70.3 Å². The molecule has 6 heteroatoms. The summed E-state index contributed by atoms with van der Waals surface area (Å²) in [7, 11) is 0. The van der Waals surface area contributed by atoms with E-state index in [1.165, 1.54) is 4.90 Å². The molecule has 1 saturated heterocycles. The third-order valence-electron chi connectivity index (χ3n) is 4.63. The van der Waals surface area contributed by atoms with Crippen LogP contribution in [0.15, 0.2) is 0 Å². The Morgan fingerprint density at radius 2 is 1.95 bits per heavy atom. The summed E-state index contributed by atoms with van der Waals surface area (Å²) < 4.78 is 0. The van der Waals surface area contributed by atoms with E-state index in [2.05, 4.69) is 19.2 Å². The molecule has 2 aliphatic rings. The summed E-state index contributed by atoms with van der Waals surface area (Å²) in [5.74, 6) is -0.419. The van der Waals surface area contributed by atoms with Crippen molar-refractivity contribution in [1.82, 2.24) is 10.2 Å². The maximum Gasteiger partial charge on any atom is 0.327 e. The minimum absolute atomic E-state index is 0.0221. The van der Waals surface area contributed by atoms with Gasteiger partial charge in [0, 0.05) is 11.8 Å². The number of aliphatic carboxylic acids is 1. The number of rotatable bonds is 3. The summed E-state index contributed by atoms with van der Waals surface area (Å²) >= 11 is 1.56.